The van der Waals surface area contributed by atoms with Crippen molar-refractivity contribution in [2.75, 3.05) is 26.9 Å². The summed E-state index contributed by atoms with van der Waals surface area (Å²) in [5, 5.41) is 8.49. The summed E-state index contributed by atoms with van der Waals surface area (Å²) < 4.78 is 21.8. The van der Waals surface area contributed by atoms with Gasteiger partial charge < -0.3 is 24.7 Å². The standard InChI is InChI=1S/C20H23N3O4S/c1-24-17-8-7-16(11-18(17)27-13-19-25-9-10-26-19)12-22-23-20(21)28-14-15-5-3-2-4-6-15/h2-8,11-12,19H,9-10,13-14H2,1H3,(H2,21,23). The summed E-state index contributed by atoms with van der Waals surface area (Å²) in [5.41, 5.74) is 7.90. The summed E-state index contributed by atoms with van der Waals surface area (Å²) >= 11 is 1.44. The van der Waals surface area contributed by atoms with Gasteiger partial charge in [-0.05, 0) is 29.3 Å². The van der Waals surface area contributed by atoms with Gasteiger partial charge in [0, 0.05) is 5.75 Å². The maximum Gasteiger partial charge on any atom is 0.191 e. The van der Waals surface area contributed by atoms with E-state index in [-0.39, 0.29) is 12.9 Å². The quantitative estimate of drug-likeness (QED) is 0.416. The molecule has 1 saturated heterocycles. The van der Waals surface area contributed by atoms with Gasteiger partial charge in [-0.2, -0.15) is 5.10 Å². The Balaban J connectivity index is 1.56. The van der Waals surface area contributed by atoms with Crippen molar-refractivity contribution in [2.24, 2.45) is 15.9 Å². The molecule has 3 rings (SSSR count). The lowest BCUT2D eigenvalue weighted by atomic mass is 10.2. The van der Waals surface area contributed by atoms with Gasteiger partial charge in [0.05, 0.1) is 26.5 Å². The number of hydrogen-bond acceptors (Lipinski definition) is 7. The number of ether oxygens (including phenoxy) is 4. The SMILES string of the molecule is COc1ccc(C=NN=C(N)SCc2ccccc2)cc1OCC1OCCO1. The van der Waals surface area contributed by atoms with Crippen molar-refractivity contribution in [3.63, 3.8) is 0 Å². The molecule has 0 radical (unpaired) electrons. The summed E-state index contributed by atoms with van der Waals surface area (Å²) in [4.78, 5) is 0. The predicted octanol–water partition coefficient (Wildman–Crippen LogP) is 3.03. The number of methoxy groups -OCH3 is 1. The molecule has 0 bridgehead atoms. The first-order valence-corrected chi connectivity index (χ1v) is 9.80. The van der Waals surface area contributed by atoms with Gasteiger partial charge >= 0.3 is 0 Å². The fourth-order valence-corrected chi connectivity index (χ4v) is 3.07. The lowest BCUT2D eigenvalue weighted by Gasteiger charge is -2.14. The number of nitrogens with zero attached hydrogens (tertiary/aromatic N) is 2. The van der Waals surface area contributed by atoms with Gasteiger partial charge in [0.2, 0.25) is 0 Å². The Bertz CT molecular complexity index is 808. The van der Waals surface area contributed by atoms with Gasteiger partial charge in [-0.15, -0.1) is 5.10 Å². The first kappa shape index (κ1) is 20.2. The zero-order valence-corrected chi connectivity index (χ0v) is 16.4. The Morgan fingerprint density at radius 1 is 1.18 bits per heavy atom. The highest BCUT2D eigenvalue weighted by Gasteiger charge is 2.17. The average Bonchev–Trinajstić information content (AvgIpc) is 3.25. The average molecular weight is 401 g/mol. The molecular weight excluding hydrogens is 378 g/mol. The maximum absolute atomic E-state index is 5.91. The van der Waals surface area contributed by atoms with Crippen LogP contribution in [-0.4, -0.2) is 44.6 Å². The third kappa shape index (κ3) is 6.26. The van der Waals surface area contributed by atoms with E-state index in [1.165, 1.54) is 17.3 Å². The van der Waals surface area contributed by atoms with Crippen LogP contribution >= 0.6 is 11.8 Å². The summed E-state index contributed by atoms with van der Waals surface area (Å²) in [5.74, 6) is 1.95. The minimum atomic E-state index is -0.354. The van der Waals surface area contributed by atoms with E-state index in [1.807, 2.05) is 48.5 Å². The van der Waals surface area contributed by atoms with Crippen LogP contribution in [0.1, 0.15) is 11.1 Å². The van der Waals surface area contributed by atoms with Gasteiger partial charge in [0.15, 0.2) is 23.0 Å². The lowest BCUT2D eigenvalue weighted by molar-refractivity contribution is -0.0687. The summed E-state index contributed by atoms with van der Waals surface area (Å²) in [6, 6.07) is 15.6. The molecule has 1 heterocycles. The molecule has 8 heteroatoms. The molecule has 0 spiro atoms. The smallest absolute Gasteiger partial charge is 0.191 e. The summed E-state index contributed by atoms with van der Waals surface area (Å²) in [6.07, 6.45) is 1.26. The number of thioether (sulfide) groups is 1. The van der Waals surface area contributed by atoms with Crippen LogP contribution in [0.25, 0.3) is 0 Å². The van der Waals surface area contributed by atoms with Crippen LogP contribution in [0.15, 0.2) is 58.7 Å². The summed E-state index contributed by atoms with van der Waals surface area (Å²) in [7, 11) is 1.59. The predicted molar refractivity (Wildman–Crippen MR) is 111 cm³/mol. The number of hydrogen-bond donors (Lipinski definition) is 1. The van der Waals surface area contributed by atoms with E-state index in [0.29, 0.717) is 29.9 Å². The first-order chi connectivity index (χ1) is 13.7. The first-order valence-electron chi connectivity index (χ1n) is 8.82. The minimum Gasteiger partial charge on any atom is -0.493 e. The van der Waals surface area contributed by atoms with Crippen LogP contribution in [0.4, 0.5) is 0 Å². The topological polar surface area (TPSA) is 87.7 Å². The van der Waals surface area contributed by atoms with E-state index >= 15 is 0 Å². The van der Waals surface area contributed by atoms with Gasteiger partial charge in [0.1, 0.15) is 6.61 Å². The van der Waals surface area contributed by atoms with Crippen molar-refractivity contribution in [1.29, 1.82) is 0 Å². The van der Waals surface area contributed by atoms with E-state index in [2.05, 4.69) is 10.2 Å². The highest BCUT2D eigenvalue weighted by molar-refractivity contribution is 8.13. The molecule has 0 aliphatic carbocycles. The Morgan fingerprint density at radius 3 is 2.71 bits per heavy atom. The van der Waals surface area contributed by atoms with E-state index in [0.717, 1.165) is 11.3 Å². The number of amidine groups is 1. The Morgan fingerprint density at radius 2 is 1.96 bits per heavy atom. The van der Waals surface area contributed by atoms with Gasteiger partial charge in [0.25, 0.3) is 0 Å². The number of benzene rings is 2. The molecule has 0 unspecified atom stereocenters. The highest BCUT2D eigenvalue weighted by Crippen LogP contribution is 2.28. The highest BCUT2D eigenvalue weighted by atomic mass is 32.2. The van der Waals surface area contributed by atoms with E-state index in [9.17, 15) is 0 Å². The Hall–Kier alpha value is -2.55. The van der Waals surface area contributed by atoms with E-state index < -0.39 is 0 Å². The van der Waals surface area contributed by atoms with Crippen molar-refractivity contribution >= 4 is 23.1 Å². The second-order valence-corrected chi connectivity index (χ2v) is 6.85. The van der Waals surface area contributed by atoms with Gasteiger partial charge in [-0.3, -0.25) is 0 Å². The molecule has 2 aromatic rings. The third-order valence-electron chi connectivity index (χ3n) is 3.85. The van der Waals surface area contributed by atoms with E-state index in [4.69, 9.17) is 24.7 Å². The Kier molecular flexibility index (Phi) is 7.71. The normalized spacial score (nSPS) is 15.2. The molecular formula is C20H23N3O4S. The largest absolute Gasteiger partial charge is 0.493 e. The van der Waals surface area contributed by atoms with Gasteiger partial charge in [-0.25, -0.2) is 0 Å². The van der Waals surface area contributed by atoms with Crippen molar-refractivity contribution in [2.45, 2.75) is 12.0 Å². The van der Waals surface area contributed by atoms with E-state index in [1.54, 1.807) is 13.3 Å². The molecule has 1 aliphatic heterocycles. The molecule has 148 valence electrons. The number of rotatable bonds is 8. The van der Waals surface area contributed by atoms with Crippen molar-refractivity contribution in [1.82, 2.24) is 0 Å². The van der Waals surface area contributed by atoms with Crippen LogP contribution in [0.2, 0.25) is 0 Å². The molecule has 1 aliphatic rings. The fourth-order valence-electron chi connectivity index (χ4n) is 2.46. The monoisotopic (exact) mass is 401 g/mol. The molecule has 1 fully saturated rings. The summed E-state index contributed by atoms with van der Waals surface area (Å²) in [6.45, 7) is 1.46. The molecule has 28 heavy (non-hydrogen) atoms. The molecule has 0 atom stereocenters. The third-order valence-corrected chi connectivity index (χ3v) is 4.70. The molecule has 0 saturated carbocycles. The second kappa shape index (κ2) is 10.7. The Labute approximate surface area is 168 Å². The van der Waals surface area contributed by atoms with Crippen LogP contribution in [0, 0.1) is 0 Å². The maximum atomic E-state index is 5.91. The molecule has 7 nitrogen and oxygen atoms in total. The fraction of sp³-hybridized carbons (Fsp3) is 0.300. The van der Waals surface area contributed by atoms with Crippen molar-refractivity contribution in [3.05, 3.63) is 59.7 Å². The minimum absolute atomic E-state index is 0.290. The lowest BCUT2D eigenvalue weighted by Crippen LogP contribution is -2.18. The zero-order valence-electron chi connectivity index (χ0n) is 15.6. The number of nitrogens with two attached hydrogens (primary N) is 1. The molecule has 0 amide bonds. The van der Waals surface area contributed by atoms with Crippen LogP contribution < -0.4 is 15.2 Å². The molecule has 2 aromatic carbocycles. The second-order valence-electron chi connectivity index (χ2n) is 5.85. The van der Waals surface area contributed by atoms with Crippen LogP contribution in [-0.2, 0) is 15.2 Å². The van der Waals surface area contributed by atoms with Gasteiger partial charge in [-0.1, -0.05) is 42.1 Å². The van der Waals surface area contributed by atoms with Crippen LogP contribution in [0.5, 0.6) is 11.5 Å². The molecule has 0 aromatic heterocycles. The van der Waals surface area contributed by atoms with Crippen LogP contribution in [0.3, 0.4) is 0 Å². The zero-order chi connectivity index (χ0) is 19.6. The van der Waals surface area contributed by atoms with Crippen molar-refractivity contribution in [3.8, 4) is 11.5 Å². The van der Waals surface area contributed by atoms with Crippen molar-refractivity contribution < 1.29 is 18.9 Å². The molecule has 2 N–H and O–H groups in total.